The second kappa shape index (κ2) is 3.37. The first kappa shape index (κ1) is 9.13. The summed E-state index contributed by atoms with van der Waals surface area (Å²) in [5, 5.41) is 20.8. The van der Waals surface area contributed by atoms with Crippen LogP contribution in [-0.2, 0) is 0 Å². The van der Waals surface area contributed by atoms with Crippen molar-refractivity contribution in [2.75, 3.05) is 0 Å². The van der Waals surface area contributed by atoms with Crippen molar-refractivity contribution in [2.45, 2.75) is 0 Å². The molecule has 7 heteroatoms. The molecule has 15 heavy (non-hydrogen) atoms. The van der Waals surface area contributed by atoms with Crippen molar-refractivity contribution in [3.05, 3.63) is 34.4 Å². The molecule has 0 saturated heterocycles. The Morgan fingerprint density at radius 1 is 1.47 bits per heavy atom. The van der Waals surface area contributed by atoms with Gasteiger partial charge < -0.3 is 5.11 Å². The summed E-state index contributed by atoms with van der Waals surface area (Å²) in [6.07, 6.45) is 3.03. The van der Waals surface area contributed by atoms with Crippen LogP contribution in [0.1, 0.15) is 10.4 Å². The van der Waals surface area contributed by atoms with Gasteiger partial charge in [0.05, 0.1) is 11.9 Å². The first-order chi connectivity index (χ1) is 7.18. The quantitative estimate of drug-likeness (QED) is 0.633. The van der Waals surface area contributed by atoms with E-state index in [1.54, 1.807) is 6.20 Å². The van der Waals surface area contributed by atoms with Crippen molar-refractivity contribution in [1.82, 2.24) is 20.4 Å². The van der Waals surface area contributed by atoms with Crippen molar-refractivity contribution >= 4 is 5.97 Å². The van der Waals surface area contributed by atoms with E-state index >= 15 is 0 Å². The van der Waals surface area contributed by atoms with Crippen molar-refractivity contribution in [2.24, 2.45) is 0 Å². The largest absolute Gasteiger partial charge is 0.477 e. The van der Waals surface area contributed by atoms with Gasteiger partial charge in [0.2, 0.25) is 0 Å². The van der Waals surface area contributed by atoms with Crippen LogP contribution in [0, 0.1) is 0 Å². The van der Waals surface area contributed by atoms with Crippen LogP contribution in [0.3, 0.4) is 0 Å². The number of H-pyrrole nitrogens is 2. The Kier molecular flexibility index (Phi) is 2.05. The Balaban J connectivity index is 2.57. The number of hydrogen-bond acceptors (Lipinski definition) is 4. The first-order valence-electron chi connectivity index (χ1n) is 4.00. The third-order valence-corrected chi connectivity index (χ3v) is 1.83. The Bertz CT molecular complexity index is 543. The SMILES string of the molecule is O=C(O)c1cc(-c2cn[nH]c2)n[nH]c1=O. The van der Waals surface area contributed by atoms with Crippen LogP contribution >= 0.6 is 0 Å². The van der Waals surface area contributed by atoms with Gasteiger partial charge in [-0.15, -0.1) is 0 Å². The molecule has 0 aliphatic heterocycles. The standard InChI is InChI=1S/C8H6N4O3/c13-7-5(8(14)15)1-6(11-12-7)4-2-9-10-3-4/h1-3H,(H,9,10)(H,12,13)(H,14,15). The fourth-order valence-electron chi connectivity index (χ4n) is 1.10. The molecule has 2 rings (SSSR count). The van der Waals surface area contributed by atoms with Gasteiger partial charge in [-0.05, 0) is 6.07 Å². The van der Waals surface area contributed by atoms with Crippen molar-refractivity contribution in [1.29, 1.82) is 0 Å². The molecule has 0 atom stereocenters. The van der Waals surface area contributed by atoms with E-state index in [-0.39, 0.29) is 5.56 Å². The number of carboxylic acid groups (broad SMARTS) is 1. The number of carbonyl (C=O) groups is 1. The van der Waals surface area contributed by atoms with Gasteiger partial charge >= 0.3 is 5.97 Å². The second-order valence-corrected chi connectivity index (χ2v) is 2.79. The molecule has 0 aliphatic carbocycles. The summed E-state index contributed by atoms with van der Waals surface area (Å²) in [7, 11) is 0. The number of aromatic carboxylic acids is 1. The molecule has 0 radical (unpaired) electrons. The van der Waals surface area contributed by atoms with Gasteiger partial charge in [0, 0.05) is 11.8 Å². The first-order valence-corrected chi connectivity index (χ1v) is 4.00. The fourth-order valence-corrected chi connectivity index (χ4v) is 1.10. The van der Waals surface area contributed by atoms with Crippen LogP contribution in [-0.4, -0.2) is 31.5 Å². The molecule has 2 heterocycles. The van der Waals surface area contributed by atoms with Gasteiger partial charge in [0.15, 0.2) is 0 Å². The maximum Gasteiger partial charge on any atom is 0.341 e. The highest BCUT2D eigenvalue weighted by atomic mass is 16.4. The highest BCUT2D eigenvalue weighted by Crippen LogP contribution is 2.12. The third-order valence-electron chi connectivity index (χ3n) is 1.83. The molecule has 0 bridgehead atoms. The lowest BCUT2D eigenvalue weighted by molar-refractivity contribution is 0.0694. The molecule has 7 nitrogen and oxygen atoms in total. The average Bonchev–Trinajstić information content (AvgIpc) is 2.71. The number of aromatic nitrogens is 4. The number of nitrogens with one attached hydrogen (secondary N) is 2. The molecule has 76 valence electrons. The Morgan fingerprint density at radius 2 is 2.27 bits per heavy atom. The molecule has 0 saturated carbocycles. The second-order valence-electron chi connectivity index (χ2n) is 2.79. The minimum absolute atomic E-state index is 0.346. The van der Waals surface area contributed by atoms with E-state index in [0.29, 0.717) is 11.3 Å². The summed E-state index contributed by atoms with van der Waals surface area (Å²) >= 11 is 0. The van der Waals surface area contributed by atoms with Gasteiger partial charge in [-0.1, -0.05) is 0 Å². The molecule has 0 aliphatic rings. The van der Waals surface area contributed by atoms with Gasteiger partial charge in [0.25, 0.3) is 5.56 Å². The van der Waals surface area contributed by atoms with Crippen LogP contribution in [0.25, 0.3) is 11.3 Å². The van der Waals surface area contributed by atoms with Crippen LogP contribution in [0.15, 0.2) is 23.3 Å². The van der Waals surface area contributed by atoms with E-state index in [0.717, 1.165) is 0 Å². The number of carboxylic acids is 1. The van der Waals surface area contributed by atoms with E-state index in [2.05, 4.69) is 20.4 Å². The Labute approximate surface area is 82.8 Å². The monoisotopic (exact) mass is 206 g/mol. The summed E-state index contributed by atoms with van der Waals surface area (Å²) in [6, 6.07) is 1.20. The minimum Gasteiger partial charge on any atom is -0.477 e. The van der Waals surface area contributed by atoms with Gasteiger partial charge in [-0.25, -0.2) is 9.89 Å². The maximum absolute atomic E-state index is 11.1. The number of aromatic amines is 2. The van der Waals surface area contributed by atoms with Gasteiger partial charge in [-0.3, -0.25) is 9.89 Å². The minimum atomic E-state index is -1.29. The highest BCUT2D eigenvalue weighted by molar-refractivity contribution is 5.88. The molecule has 2 aromatic rings. The molecule has 0 amide bonds. The van der Waals surface area contributed by atoms with Crippen molar-refractivity contribution < 1.29 is 9.90 Å². The topological polar surface area (TPSA) is 112 Å². The Hall–Kier alpha value is -2.44. The highest BCUT2D eigenvalue weighted by Gasteiger charge is 2.11. The van der Waals surface area contributed by atoms with Crippen LogP contribution in [0.2, 0.25) is 0 Å². The molecule has 2 aromatic heterocycles. The molecule has 3 N–H and O–H groups in total. The maximum atomic E-state index is 11.1. The van der Waals surface area contributed by atoms with Crippen molar-refractivity contribution in [3.8, 4) is 11.3 Å². The zero-order valence-corrected chi connectivity index (χ0v) is 7.39. The van der Waals surface area contributed by atoms with Crippen LogP contribution < -0.4 is 5.56 Å². The summed E-state index contributed by atoms with van der Waals surface area (Å²) in [5.74, 6) is -1.29. The molecule has 0 fully saturated rings. The van der Waals surface area contributed by atoms with E-state index in [1.807, 2.05) is 0 Å². The third kappa shape index (κ3) is 1.62. The Morgan fingerprint density at radius 3 is 2.87 bits per heavy atom. The number of rotatable bonds is 2. The molecule has 0 unspecified atom stereocenters. The number of hydrogen-bond donors (Lipinski definition) is 3. The van der Waals surface area contributed by atoms with E-state index in [1.165, 1.54) is 12.3 Å². The summed E-state index contributed by atoms with van der Waals surface area (Å²) in [6.45, 7) is 0. The predicted molar refractivity (Wildman–Crippen MR) is 49.4 cm³/mol. The van der Waals surface area contributed by atoms with E-state index in [9.17, 15) is 9.59 Å². The van der Waals surface area contributed by atoms with Crippen molar-refractivity contribution in [3.63, 3.8) is 0 Å². The summed E-state index contributed by atoms with van der Waals surface area (Å²) in [4.78, 5) is 21.7. The fraction of sp³-hybridized carbons (Fsp3) is 0. The lowest BCUT2D eigenvalue weighted by Gasteiger charge is -1.96. The lowest BCUT2D eigenvalue weighted by Crippen LogP contribution is -2.18. The van der Waals surface area contributed by atoms with Gasteiger partial charge in [-0.2, -0.15) is 10.2 Å². The number of nitrogens with zero attached hydrogens (tertiary/aromatic N) is 2. The zero-order valence-electron chi connectivity index (χ0n) is 7.39. The molecule has 0 aromatic carbocycles. The molecular weight excluding hydrogens is 200 g/mol. The summed E-state index contributed by atoms with van der Waals surface area (Å²) < 4.78 is 0. The van der Waals surface area contributed by atoms with E-state index < -0.39 is 11.5 Å². The molecular formula is C8H6N4O3. The average molecular weight is 206 g/mol. The smallest absolute Gasteiger partial charge is 0.341 e. The lowest BCUT2D eigenvalue weighted by atomic mass is 10.2. The normalized spacial score (nSPS) is 10.1. The van der Waals surface area contributed by atoms with Crippen LogP contribution in [0.4, 0.5) is 0 Å². The zero-order chi connectivity index (χ0) is 10.8. The summed E-state index contributed by atoms with van der Waals surface area (Å²) in [5.41, 5.74) is -0.120. The van der Waals surface area contributed by atoms with Gasteiger partial charge in [0.1, 0.15) is 5.56 Å². The van der Waals surface area contributed by atoms with E-state index in [4.69, 9.17) is 5.11 Å². The molecule has 0 spiro atoms. The van der Waals surface area contributed by atoms with Crippen LogP contribution in [0.5, 0.6) is 0 Å². The predicted octanol–water partition coefficient (Wildman–Crippen LogP) is -0.142.